The Hall–Kier alpha value is -2.81. The van der Waals surface area contributed by atoms with Crippen LogP contribution in [-0.4, -0.2) is 9.97 Å². The van der Waals surface area contributed by atoms with E-state index < -0.39 is 0 Å². The molecule has 0 radical (unpaired) electrons. The second-order valence-corrected chi connectivity index (χ2v) is 4.78. The van der Waals surface area contributed by atoms with Gasteiger partial charge in [0.05, 0.1) is 11.1 Å². The van der Waals surface area contributed by atoms with Crippen LogP contribution in [0.5, 0.6) is 0 Å². The molecule has 20 heavy (non-hydrogen) atoms. The van der Waals surface area contributed by atoms with Crippen LogP contribution in [0, 0.1) is 0 Å². The summed E-state index contributed by atoms with van der Waals surface area (Å²) in [4.78, 5) is 11.2. The molecule has 0 amide bonds. The highest BCUT2D eigenvalue weighted by molar-refractivity contribution is 5.77. The van der Waals surface area contributed by atoms with Crippen molar-refractivity contribution in [2.75, 3.05) is 0 Å². The topological polar surface area (TPSA) is 43.9 Å². The van der Waals surface area contributed by atoms with E-state index >= 15 is 0 Å². The maximum atomic E-state index is 4.69. The van der Waals surface area contributed by atoms with Gasteiger partial charge in [-0.2, -0.15) is 0 Å². The maximum absolute atomic E-state index is 4.69. The zero-order valence-corrected chi connectivity index (χ0v) is 10.8. The Kier molecular flexibility index (Phi) is 2.42. The Bertz CT molecular complexity index is 952. The Morgan fingerprint density at radius 3 is 2.70 bits per heavy atom. The van der Waals surface area contributed by atoms with Crippen molar-refractivity contribution in [3.05, 3.63) is 81.7 Å². The Balaban J connectivity index is 2.00. The van der Waals surface area contributed by atoms with Gasteiger partial charge < -0.3 is 9.97 Å². The smallest absolute Gasteiger partial charge is 0.0737 e. The number of rotatable bonds is 1. The first-order chi connectivity index (χ1) is 9.90. The van der Waals surface area contributed by atoms with E-state index in [-0.39, 0.29) is 0 Å². The second kappa shape index (κ2) is 4.38. The molecule has 96 valence electrons. The van der Waals surface area contributed by atoms with Crippen LogP contribution in [0.15, 0.2) is 59.9 Å². The van der Waals surface area contributed by atoms with E-state index in [2.05, 4.69) is 34.3 Å². The zero-order chi connectivity index (χ0) is 13.4. The van der Waals surface area contributed by atoms with Crippen LogP contribution in [0.4, 0.5) is 0 Å². The minimum absolute atomic E-state index is 1.00. The Morgan fingerprint density at radius 2 is 1.85 bits per heavy atom. The summed E-state index contributed by atoms with van der Waals surface area (Å²) in [5.74, 6) is 0. The highest BCUT2D eigenvalue weighted by Gasteiger charge is 2.02. The van der Waals surface area contributed by atoms with E-state index in [4.69, 9.17) is 4.99 Å². The monoisotopic (exact) mass is 259 g/mol. The maximum Gasteiger partial charge on any atom is 0.0737 e. The van der Waals surface area contributed by atoms with Gasteiger partial charge in [0, 0.05) is 33.9 Å². The first-order valence-electron chi connectivity index (χ1n) is 6.58. The van der Waals surface area contributed by atoms with Crippen LogP contribution in [0.25, 0.3) is 17.8 Å². The van der Waals surface area contributed by atoms with Gasteiger partial charge in [0.1, 0.15) is 0 Å². The molecule has 0 saturated carbocycles. The Morgan fingerprint density at radius 1 is 0.900 bits per heavy atom. The molecule has 0 bridgehead atoms. The van der Waals surface area contributed by atoms with Crippen molar-refractivity contribution in [1.29, 1.82) is 0 Å². The van der Waals surface area contributed by atoms with Gasteiger partial charge in [0.15, 0.2) is 0 Å². The van der Waals surface area contributed by atoms with Crippen molar-refractivity contribution < 1.29 is 0 Å². The Labute approximate surface area is 115 Å². The molecule has 0 fully saturated rings. The summed E-state index contributed by atoms with van der Waals surface area (Å²) in [7, 11) is 0. The van der Waals surface area contributed by atoms with E-state index in [1.54, 1.807) is 0 Å². The van der Waals surface area contributed by atoms with Crippen molar-refractivity contribution in [3.63, 3.8) is 0 Å². The lowest BCUT2D eigenvalue weighted by atomic mass is 10.2. The lowest BCUT2D eigenvalue weighted by molar-refractivity contribution is 1.28. The fraction of sp³-hybridized carbons (Fsp3) is 0. The average molecular weight is 259 g/mol. The number of para-hydroxylation sites is 1. The first kappa shape index (κ1) is 11.1. The quantitative estimate of drug-likeness (QED) is 0.635. The summed E-state index contributed by atoms with van der Waals surface area (Å²) in [6, 6.07) is 14.3. The van der Waals surface area contributed by atoms with Crippen molar-refractivity contribution in [3.8, 4) is 0 Å². The number of nitrogens with one attached hydrogen (secondary N) is 2. The lowest BCUT2D eigenvalue weighted by Gasteiger charge is -1.88. The number of H-pyrrole nitrogens is 2. The molecule has 0 unspecified atom stereocenters. The molecule has 3 heterocycles. The molecular formula is C17H13N3. The van der Waals surface area contributed by atoms with Crippen LogP contribution >= 0.6 is 0 Å². The minimum atomic E-state index is 1.00. The number of aromatic nitrogens is 2. The number of nitrogens with zero attached hydrogens (tertiary/aromatic N) is 1. The molecule has 0 atom stereocenters. The number of aromatic amines is 2. The SMILES string of the molecule is C1=c2ccccc2=NC1=c1cc[nH]c1=Cc1ccc[nH]1. The summed E-state index contributed by atoms with van der Waals surface area (Å²) in [6.07, 6.45) is 8.09. The molecule has 1 aromatic carbocycles. The highest BCUT2D eigenvalue weighted by Crippen LogP contribution is 1.99. The highest BCUT2D eigenvalue weighted by atomic mass is 14.8. The molecule has 1 aliphatic rings. The van der Waals surface area contributed by atoms with Gasteiger partial charge in [-0.3, -0.25) is 0 Å². The largest absolute Gasteiger partial charge is 0.362 e. The molecule has 3 nitrogen and oxygen atoms in total. The molecule has 2 aromatic heterocycles. The fourth-order valence-corrected chi connectivity index (χ4v) is 2.47. The van der Waals surface area contributed by atoms with Crippen molar-refractivity contribution >= 4 is 17.8 Å². The third-order valence-electron chi connectivity index (χ3n) is 3.45. The van der Waals surface area contributed by atoms with E-state index in [9.17, 15) is 0 Å². The van der Waals surface area contributed by atoms with E-state index in [0.717, 1.165) is 27.3 Å². The van der Waals surface area contributed by atoms with Gasteiger partial charge in [-0.25, -0.2) is 4.99 Å². The van der Waals surface area contributed by atoms with Gasteiger partial charge in [-0.15, -0.1) is 0 Å². The molecular weight excluding hydrogens is 246 g/mol. The molecule has 2 N–H and O–H groups in total. The predicted octanol–water partition coefficient (Wildman–Crippen LogP) is 0.394. The minimum Gasteiger partial charge on any atom is -0.362 e. The van der Waals surface area contributed by atoms with Gasteiger partial charge in [-0.05, 0) is 36.4 Å². The number of benzene rings is 1. The van der Waals surface area contributed by atoms with Crippen LogP contribution in [-0.2, 0) is 0 Å². The van der Waals surface area contributed by atoms with Crippen molar-refractivity contribution in [1.82, 2.24) is 9.97 Å². The normalized spacial score (nSPS) is 16.7. The van der Waals surface area contributed by atoms with Crippen LogP contribution in [0.2, 0.25) is 0 Å². The predicted molar refractivity (Wildman–Crippen MR) is 79.5 cm³/mol. The number of hydrogen-bond donors (Lipinski definition) is 2. The van der Waals surface area contributed by atoms with Crippen LogP contribution in [0.3, 0.4) is 0 Å². The second-order valence-electron chi connectivity index (χ2n) is 4.78. The summed E-state index contributed by atoms with van der Waals surface area (Å²) < 4.78 is 0. The van der Waals surface area contributed by atoms with Crippen LogP contribution in [0.1, 0.15) is 5.69 Å². The zero-order valence-electron chi connectivity index (χ0n) is 10.8. The van der Waals surface area contributed by atoms with E-state index in [0.29, 0.717) is 0 Å². The summed E-state index contributed by atoms with van der Waals surface area (Å²) in [6.45, 7) is 0. The molecule has 0 spiro atoms. The lowest BCUT2D eigenvalue weighted by Crippen LogP contribution is -2.24. The van der Waals surface area contributed by atoms with Crippen molar-refractivity contribution in [2.24, 2.45) is 4.99 Å². The van der Waals surface area contributed by atoms with E-state index in [1.165, 1.54) is 5.22 Å². The van der Waals surface area contributed by atoms with Gasteiger partial charge >= 0.3 is 0 Å². The van der Waals surface area contributed by atoms with Gasteiger partial charge in [0.2, 0.25) is 0 Å². The molecule has 4 rings (SSSR count). The average Bonchev–Trinajstić information content (AvgIpc) is 3.18. The summed E-state index contributed by atoms with van der Waals surface area (Å²) in [5.41, 5.74) is 2.08. The molecule has 0 saturated heterocycles. The standard InChI is InChI=1S/C17H13N3/c1-2-6-15-12(4-1)10-17(20-15)14-7-9-19-16(14)11-13-5-3-8-18-13/h1-11,18-19H. The van der Waals surface area contributed by atoms with Crippen LogP contribution < -0.4 is 21.1 Å². The fourth-order valence-electron chi connectivity index (χ4n) is 2.47. The number of fused-ring (bicyclic) bond motifs is 1. The molecule has 3 heteroatoms. The van der Waals surface area contributed by atoms with Crippen molar-refractivity contribution in [2.45, 2.75) is 0 Å². The molecule has 1 aliphatic heterocycles. The molecule has 3 aromatic rings. The third kappa shape index (κ3) is 1.80. The summed E-state index contributed by atoms with van der Waals surface area (Å²) >= 11 is 0. The number of hydrogen-bond acceptors (Lipinski definition) is 1. The van der Waals surface area contributed by atoms with Gasteiger partial charge in [-0.1, -0.05) is 18.2 Å². The van der Waals surface area contributed by atoms with E-state index in [1.807, 2.05) is 42.7 Å². The van der Waals surface area contributed by atoms with Gasteiger partial charge in [0.25, 0.3) is 0 Å². The third-order valence-corrected chi connectivity index (χ3v) is 3.45. The summed E-state index contributed by atoms with van der Waals surface area (Å²) in [5, 5.41) is 4.40. The first-order valence-corrected chi connectivity index (χ1v) is 6.58. The molecule has 0 aliphatic carbocycles.